The maximum absolute atomic E-state index is 12.7. The van der Waals surface area contributed by atoms with Crippen LogP contribution >= 0.6 is 0 Å². The predicted octanol–water partition coefficient (Wildman–Crippen LogP) is 3.19. The lowest BCUT2D eigenvalue weighted by Crippen LogP contribution is -2.43. The number of hydrogen-bond donors (Lipinski definition) is 2. The third kappa shape index (κ3) is 5.14. The summed E-state index contributed by atoms with van der Waals surface area (Å²) in [4.78, 5) is 36.0. The van der Waals surface area contributed by atoms with Crippen molar-refractivity contribution in [2.24, 2.45) is 0 Å². The average Bonchev–Trinajstić information content (AvgIpc) is 2.68. The minimum absolute atomic E-state index is 0.0135. The van der Waals surface area contributed by atoms with Gasteiger partial charge in [-0.05, 0) is 63.6 Å². The average molecular weight is 410 g/mol. The van der Waals surface area contributed by atoms with Gasteiger partial charge in [-0.3, -0.25) is 9.59 Å². The number of aromatic nitrogens is 2. The van der Waals surface area contributed by atoms with Crippen LogP contribution in [-0.4, -0.2) is 47.8 Å². The quantitative estimate of drug-likeness (QED) is 0.563. The van der Waals surface area contributed by atoms with E-state index in [0.29, 0.717) is 11.5 Å². The molecule has 1 saturated carbocycles. The van der Waals surface area contributed by atoms with Crippen molar-refractivity contribution in [3.63, 3.8) is 0 Å². The minimum atomic E-state index is -0.511. The number of amides is 1. The lowest BCUT2D eigenvalue weighted by atomic mass is 9.90. The third-order valence-electron chi connectivity index (χ3n) is 5.61. The van der Waals surface area contributed by atoms with E-state index in [0.717, 1.165) is 48.2 Å². The molecule has 1 fully saturated rings. The molecule has 160 valence electrons. The monoisotopic (exact) mass is 409 g/mol. The summed E-state index contributed by atoms with van der Waals surface area (Å²) < 4.78 is 0. The summed E-state index contributed by atoms with van der Waals surface area (Å²) in [6.45, 7) is 5.75. The van der Waals surface area contributed by atoms with Crippen LogP contribution in [0.1, 0.15) is 52.7 Å². The van der Waals surface area contributed by atoms with Gasteiger partial charge >= 0.3 is 0 Å². The molecule has 30 heavy (non-hydrogen) atoms. The van der Waals surface area contributed by atoms with E-state index in [2.05, 4.69) is 20.6 Å². The Hall–Kier alpha value is -2.96. The molecule has 1 aliphatic rings. The van der Waals surface area contributed by atoms with Gasteiger partial charge in [0.25, 0.3) is 11.7 Å². The summed E-state index contributed by atoms with van der Waals surface area (Å²) >= 11 is 0. The van der Waals surface area contributed by atoms with Gasteiger partial charge in [0.05, 0.1) is 0 Å². The Morgan fingerprint density at radius 3 is 2.20 bits per heavy atom. The van der Waals surface area contributed by atoms with Crippen LogP contribution in [0.5, 0.6) is 0 Å². The summed E-state index contributed by atoms with van der Waals surface area (Å²) in [6.07, 6.45) is 5.15. The number of carbonyl (C=O) groups excluding carboxylic acids is 2. The molecule has 2 N–H and O–H groups in total. The van der Waals surface area contributed by atoms with Gasteiger partial charge in [-0.1, -0.05) is 17.7 Å². The van der Waals surface area contributed by atoms with Crippen LogP contribution in [0.2, 0.25) is 0 Å². The summed E-state index contributed by atoms with van der Waals surface area (Å²) in [5, 5.41) is 6.33. The van der Waals surface area contributed by atoms with E-state index in [1.165, 1.54) is 0 Å². The predicted molar refractivity (Wildman–Crippen MR) is 119 cm³/mol. The van der Waals surface area contributed by atoms with Crippen molar-refractivity contribution < 1.29 is 9.59 Å². The standard InChI is InChI=1S/C23H31N5O2/c1-14-12-15(2)20(16(3)13-14)21(29)22(30)25-17-6-8-18(9-7-17)26-23-24-11-10-19(27-23)28(4)5/h10-13,17-18H,6-9H2,1-5H3,(H,25,30)(H,24,26,27)/t17-,18+. The first-order chi connectivity index (χ1) is 14.2. The zero-order chi connectivity index (χ0) is 21.8. The largest absolute Gasteiger partial charge is 0.363 e. The van der Waals surface area contributed by atoms with E-state index in [-0.39, 0.29) is 12.1 Å². The number of carbonyl (C=O) groups is 2. The Kier molecular flexibility index (Phi) is 6.70. The summed E-state index contributed by atoms with van der Waals surface area (Å²) in [5.41, 5.74) is 3.31. The molecule has 1 aromatic heterocycles. The third-order valence-corrected chi connectivity index (χ3v) is 5.61. The van der Waals surface area contributed by atoms with Crippen LogP contribution in [0.3, 0.4) is 0 Å². The molecule has 1 amide bonds. The van der Waals surface area contributed by atoms with Crippen LogP contribution < -0.4 is 15.5 Å². The maximum atomic E-state index is 12.7. The van der Waals surface area contributed by atoms with Gasteiger partial charge in [0.2, 0.25) is 5.95 Å². The molecule has 1 aliphatic carbocycles. The SMILES string of the molecule is Cc1cc(C)c(C(=O)C(=O)N[C@H]2CC[C@@H](Nc3nccc(N(C)C)n3)CC2)c(C)c1. The number of nitrogens with one attached hydrogen (secondary N) is 2. The molecule has 1 aromatic carbocycles. The van der Waals surface area contributed by atoms with Crippen LogP contribution in [-0.2, 0) is 4.79 Å². The highest BCUT2D eigenvalue weighted by molar-refractivity contribution is 6.43. The lowest BCUT2D eigenvalue weighted by Gasteiger charge is -2.29. The smallest absolute Gasteiger partial charge is 0.292 e. The molecule has 1 heterocycles. The number of benzene rings is 1. The molecule has 0 atom stereocenters. The number of ketones is 1. The van der Waals surface area contributed by atoms with Gasteiger partial charge in [0, 0.05) is 37.9 Å². The Balaban J connectivity index is 1.54. The van der Waals surface area contributed by atoms with E-state index in [1.807, 2.05) is 58.0 Å². The van der Waals surface area contributed by atoms with Gasteiger partial charge < -0.3 is 15.5 Å². The topological polar surface area (TPSA) is 87.2 Å². The van der Waals surface area contributed by atoms with Gasteiger partial charge in [-0.2, -0.15) is 4.98 Å². The van der Waals surface area contributed by atoms with E-state index in [1.54, 1.807) is 6.20 Å². The van der Waals surface area contributed by atoms with Gasteiger partial charge in [-0.25, -0.2) is 4.98 Å². The van der Waals surface area contributed by atoms with Gasteiger partial charge in [-0.15, -0.1) is 0 Å². The fourth-order valence-corrected chi connectivity index (χ4v) is 4.14. The van der Waals surface area contributed by atoms with Gasteiger partial charge in [0.1, 0.15) is 5.82 Å². The minimum Gasteiger partial charge on any atom is -0.363 e. The van der Waals surface area contributed by atoms with E-state index in [9.17, 15) is 9.59 Å². The highest BCUT2D eigenvalue weighted by Gasteiger charge is 2.27. The number of aryl methyl sites for hydroxylation is 3. The fraction of sp³-hybridized carbons (Fsp3) is 0.478. The number of hydrogen-bond acceptors (Lipinski definition) is 6. The first-order valence-corrected chi connectivity index (χ1v) is 10.4. The first-order valence-electron chi connectivity index (χ1n) is 10.4. The summed E-state index contributed by atoms with van der Waals surface area (Å²) in [5.74, 6) is 0.519. The van der Waals surface area contributed by atoms with Crippen LogP contribution in [0, 0.1) is 20.8 Å². The number of rotatable bonds is 6. The van der Waals surface area contributed by atoms with Crippen molar-refractivity contribution in [2.45, 2.75) is 58.5 Å². The van der Waals surface area contributed by atoms with Crippen molar-refractivity contribution >= 4 is 23.5 Å². The number of Topliss-reactive ketones (excluding diaryl/α,β-unsaturated/α-hetero) is 1. The summed E-state index contributed by atoms with van der Waals surface area (Å²) in [6, 6.07) is 6.02. The van der Waals surface area contributed by atoms with Crippen molar-refractivity contribution in [1.29, 1.82) is 0 Å². The second-order valence-electron chi connectivity index (χ2n) is 8.40. The van der Waals surface area contributed by atoms with Crippen LogP contribution in [0.25, 0.3) is 0 Å². The van der Waals surface area contributed by atoms with Crippen molar-refractivity contribution in [3.05, 3.63) is 46.6 Å². The molecule has 3 rings (SSSR count). The molecular formula is C23H31N5O2. The molecule has 7 nitrogen and oxygen atoms in total. The Bertz CT molecular complexity index is 910. The highest BCUT2D eigenvalue weighted by atomic mass is 16.2. The molecule has 0 unspecified atom stereocenters. The Morgan fingerprint density at radius 2 is 1.60 bits per heavy atom. The molecule has 0 aliphatic heterocycles. The molecule has 0 radical (unpaired) electrons. The molecule has 0 spiro atoms. The van der Waals surface area contributed by atoms with E-state index >= 15 is 0 Å². The fourth-order valence-electron chi connectivity index (χ4n) is 4.14. The Labute approximate surface area is 178 Å². The number of anilines is 2. The molecule has 7 heteroatoms. The molecule has 2 aromatic rings. The van der Waals surface area contributed by atoms with Crippen molar-refractivity contribution in [1.82, 2.24) is 15.3 Å². The zero-order valence-electron chi connectivity index (χ0n) is 18.5. The Morgan fingerprint density at radius 1 is 1.00 bits per heavy atom. The molecule has 0 saturated heterocycles. The van der Waals surface area contributed by atoms with E-state index < -0.39 is 11.7 Å². The number of nitrogens with zero attached hydrogens (tertiary/aromatic N) is 3. The lowest BCUT2D eigenvalue weighted by molar-refractivity contribution is -0.117. The van der Waals surface area contributed by atoms with Crippen LogP contribution in [0.4, 0.5) is 11.8 Å². The second kappa shape index (κ2) is 9.24. The van der Waals surface area contributed by atoms with Crippen LogP contribution in [0.15, 0.2) is 24.4 Å². The van der Waals surface area contributed by atoms with Crippen molar-refractivity contribution in [3.8, 4) is 0 Å². The van der Waals surface area contributed by atoms with Gasteiger partial charge in [0.15, 0.2) is 0 Å². The first kappa shape index (κ1) is 21.7. The second-order valence-corrected chi connectivity index (χ2v) is 8.40. The maximum Gasteiger partial charge on any atom is 0.292 e. The molecular weight excluding hydrogens is 378 g/mol. The van der Waals surface area contributed by atoms with E-state index in [4.69, 9.17) is 0 Å². The zero-order valence-corrected chi connectivity index (χ0v) is 18.5. The molecule has 0 bridgehead atoms. The summed E-state index contributed by atoms with van der Waals surface area (Å²) in [7, 11) is 3.89. The highest BCUT2D eigenvalue weighted by Crippen LogP contribution is 2.22. The van der Waals surface area contributed by atoms with Crippen molar-refractivity contribution in [2.75, 3.05) is 24.3 Å². The normalized spacial score (nSPS) is 18.6.